The monoisotopic (exact) mass is 419 g/mol. The second kappa shape index (κ2) is 6.11. The minimum atomic E-state index is -1.06. The maximum Gasteiger partial charge on any atom is 0.343 e. The smallest absolute Gasteiger partial charge is 0.343 e. The van der Waals surface area contributed by atoms with Gasteiger partial charge >= 0.3 is 5.97 Å². The zero-order valence-corrected chi connectivity index (χ0v) is 17.6. The summed E-state index contributed by atoms with van der Waals surface area (Å²) in [6.07, 6.45) is 2.87. The average molecular weight is 419 g/mol. The maximum atomic E-state index is 12.9. The lowest BCUT2D eigenvalue weighted by Crippen LogP contribution is -2.74. The fourth-order valence-corrected chi connectivity index (χ4v) is 6.29. The Hall–Kier alpha value is -2.83. The van der Waals surface area contributed by atoms with E-state index in [1.165, 1.54) is 0 Å². The van der Waals surface area contributed by atoms with Crippen LogP contribution in [0.3, 0.4) is 0 Å². The molecule has 2 aliphatic carbocycles. The number of aromatic hydroxyl groups is 1. The zero-order chi connectivity index (χ0) is 21.5. The number of rotatable bonds is 2. The first-order valence-electron chi connectivity index (χ1n) is 10.8. The van der Waals surface area contributed by atoms with E-state index in [4.69, 9.17) is 9.47 Å². The Balaban J connectivity index is 1.47. The molecule has 2 aromatic carbocycles. The summed E-state index contributed by atoms with van der Waals surface area (Å²) in [5, 5.41) is 22.7. The van der Waals surface area contributed by atoms with Gasteiger partial charge in [0.2, 0.25) is 0 Å². The second-order valence-electron chi connectivity index (χ2n) is 9.36. The number of ether oxygens (including phenoxy) is 2. The van der Waals surface area contributed by atoms with Gasteiger partial charge in [-0.25, -0.2) is 4.79 Å². The van der Waals surface area contributed by atoms with E-state index >= 15 is 0 Å². The van der Waals surface area contributed by atoms with E-state index in [0.29, 0.717) is 36.3 Å². The maximum absolute atomic E-state index is 12.9. The van der Waals surface area contributed by atoms with Gasteiger partial charge in [0.25, 0.3) is 0 Å². The molecule has 4 aliphatic rings. The third kappa shape index (κ3) is 2.27. The van der Waals surface area contributed by atoms with Crippen LogP contribution in [-0.2, 0) is 16.6 Å². The van der Waals surface area contributed by atoms with E-state index in [9.17, 15) is 15.0 Å². The van der Waals surface area contributed by atoms with Crippen molar-refractivity contribution in [3.63, 3.8) is 0 Å². The normalized spacial score (nSPS) is 32.7. The molecular formula is C25H25NO5. The van der Waals surface area contributed by atoms with Gasteiger partial charge in [0.1, 0.15) is 5.76 Å². The number of hydrogen-bond donors (Lipinski definition) is 2. The summed E-state index contributed by atoms with van der Waals surface area (Å²) < 4.78 is 12.2. The number of likely N-dealkylation sites (tertiary alicyclic amines) is 1. The van der Waals surface area contributed by atoms with Crippen LogP contribution in [0.2, 0.25) is 0 Å². The third-order valence-electron chi connectivity index (χ3n) is 7.85. The van der Waals surface area contributed by atoms with E-state index in [-0.39, 0.29) is 11.8 Å². The van der Waals surface area contributed by atoms with Crippen LogP contribution in [0.4, 0.5) is 0 Å². The summed E-state index contributed by atoms with van der Waals surface area (Å²) in [5.74, 6) is 0.453. The number of aryl methyl sites for hydroxylation is 1. The first-order chi connectivity index (χ1) is 14.8. The molecule has 2 bridgehead atoms. The number of aliphatic hydroxyl groups is 1. The minimum absolute atomic E-state index is 0.0615. The topological polar surface area (TPSA) is 79.2 Å². The Morgan fingerprint density at radius 1 is 1.23 bits per heavy atom. The Morgan fingerprint density at radius 2 is 2.00 bits per heavy atom. The number of esters is 1. The highest BCUT2D eigenvalue weighted by atomic mass is 16.6. The van der Waals surface area contributed by atoms with Gasteiger partial charge in [0.15, 0.2) is 17.6 Å². The van der Waals surface area contributed by atoms with Crippen molar-refractivity contribution >= 4 is 5.97 Å². The van der Waals surface area contributed by atoms with Gasteiger partial charge in [-0.3, -0.25) is 0 Å². The van der Waals surface area contributed by atoms with Gasteiger partial charge in [0.05, 0.1) is 16.6 Å². The Morgan fingerprint density at radius 3 is 2.77 bits per heavy atom. The summed E-state index contributed by atoms with van der Waals surface area (Å²) in [4.78, 5) is 15.1. The number of carbonyl (C=O) groups is 1. The number of nitrogens with zero attached hydrogens (tertiary/aromatic N) is 1. The van der Waals surface area contributed by atoms with Crippen molar-refractivity contribution in [1.82, 2.24) is 4.90 Å². The van der Waals surface area contributed by atoms with Gasteiger partial charge in [-0.15, -0.1) is 0 Å². The van der Waals surface area contributed by atoms with Crippen LogP contribution in [0.1, 0.15) is 39.9 Å². The molecule has 0 saturated carbocycles. The molecule has 6 nitrogen and oxygen atoms in total. The van der Waals surface area contributed by atoms with Crippen molar-refractivity contribution in [2.24, 2.45) is 0 Å². The number of piperidine rings is 1. The fourth-order valence-electron chi connectivity index (χ4n) is 6.29. The molecule has 6 heteroatoms. The van der Waals surface area contributed by atoms with Crippen LogP contribution in [0.5, 0.6) is 11.5 Å². The van der Waals surface area contributed by atoms with Crippen LogP contribution in [0, 0.1) is 6.92 Å². The van der Waals surface area contributed by atoms with Crippen LogP contribution >= 0.6 is 0 Å². The average Bonchev–Trinajstić information content (AvgIpc) is 3.11. The summed E-state index contributed by atoms with van der Waals surface area (Å²) in [7, 11) is 2.04. The van der Waals surface area contributed by atoms with Crippen molar-refractivity contribution in [3.05, 3.63) is 70.5 Å². The van der Waals surface area contributed by atoms with Gasteiger partial charge in [-0.1, -0.05) is 23.8 Å². The molecule has 2 aromatic rings. The minimum Gasteiger partial charge on any atom is -0.504 e. The molecule has 0 aromatic heterocycles. The number of benzene rings is 2. The Bertz CT molecular complexity index is 1140. The molecule has 1 saturated heterocycles. The highest BCUT2D eigenvalue weighted by molar-refractivity contribution is 5.90. The van der Waals surface area contributed by atoms with Gasteiger partial charge < -0.3 is 24.6 Å². The van der Waals surface area contributed by atoms with Crippen LogP contribution in [-0.4, -0.2) is 52.4 Å². The van der Waals surface area contributed by atoms with E-state index in [1.54, 1.807) is 24.3 Å². The first kappa shape index (κ1) is 18.9. The summed E-state index contributed by atoms with van der Waals surface area (Å²) in [5.41, 5.74) is 1.70. The lowest BCUT2D eigenvalue weighted by molar-refractivity contribution is -0.163. The zero-order valence-electron chi connectivity index (χ0n) is 17.6. The van der Waals surface area contributed by atoms with Crippen molar-refractivity contribution in [2.45, 2.75) is 49.3 Å². The molecule has 1 spiro atoms. The van der Waals surface area contributed by atoms with E-state index < -0.39 is 23.1 Å². The molecule has 31 heavy (non-hydrogen) atoms. The third-order valence-corrected chi connectivity index (χ3v) is 7.85. The summed E-state index contributed by atoms with van der Waals surface area (Å²) in [6.45, 7) is 2.76. The molecule has 2 aliphatic heterocycles. The van der Waals surface area contributed by atoms with Crippen LogP contribution in [0.15, 0.2) is 48.2 Å². The van der Waals surface area contributed by atoms with Crippen molar-refractivity contribution in [3.8, 4) is 11.5 Å². The van der Waals surface area contributed by atoms with Gasteiger partial charge in [-0.05, 0) is 63.2 Å². The predicted molar refractivity (Wildman–Crippen MR) is 113 cm³/mol. The quantitative estimate of drug-likeness (QED) is 0.729. The fraction of sp³-hybridized carbons (Fsp3) is 0.400. The van der Waals surface area contributed by atoms with Gasteiger partial charge in [-0.2, -0.15) is 0 Å². The SMILES string of the molecule is Cc1ccc(C(=O)OC2=CC[C@@]3(O)C4Cc5ccc(O)c6c5C3(CCN4C)C2O6)cc1. The predicted octanol–water partition coefficient (Wildman–Crippen LogP) is 2.84. The lowest BCUT2D eigenvalue weighted by Gasteiger charge is -2.61. The highest BCUT2D eigenvalue weighted by Gasteiger charge is 2.72. The number of likely N-dealkylation sites (N-methyl/N-ethyl adjacent to an activating group) is 1. The van der Waals surface area contributed by atoms with Crippen LogP contribution < -0.4 is 4.74 Å². The van der Waals surface area contributed by atoms with Crippen molar-refractivity contribution < 1.29 is 24.5 Å². The molecule has 2 heterocycles. The molecule has 160 valence electrons. The van der Waals surface area contributed by atoms with E-state index in [2.05, 4.69) is 4.90 Å². The molecular weight excluding hydrogens is 394 g/mol. The van der Waals surface area contributed by atoms with Crippen molar-refractivity contribution in [2.75, 3.05) is 13.6 Å². The number of phenolic OH excluding ortho intramolecular Hbond substituents is 1. The Kier molecular flexibility index (Phi) is 3.73. The summed E-state index contributed by atoms with van der Waals surface area (Å²) in [6, 6.07) is 10.8. The molecule has 4 atom stereocenters. The van der Waals surface area contributed by atoms with Crippen molar-refractivity contribution in [1.29, 1.82) is 0 Å². The molecule has 6 rings (SSSR count). The Labute approximate surface area is 180 Å². The van der Waals surface area contributed by atoms with Crippen LogP contribution in [0.25, 0.3) is 0 Å². The van der Waals surface area contributed by atoms with E-state index in [1.807, 2.05) is 32.2 Å². The number of phenols is 1. The molecule has 3 unspecified atom stereocenters. The summed E-state index contributed by atoms with van der Waals surface area (Å²) >= 11 is 0. The largest absolute Gasteiger partial charge is 0.504 e. The molecule has 1 fully saturated rings. The second-order valence-corrected chi connectivity index (χ2v) is 9.36. The number of carbonyl (C=O) groups excluding carboxylic acids is 1. The molecule has 0 radical (unpaired) electrons. The van der Waals surface area contributed by atoms with E-state index in [0.717, 1.165) is 23.2 Å². The standard InChI is InChI=1S/C25H25NO5/c1-14-3-5-15(6-4-14)23(28)30-18-9-10-25(29)19-13-16-7-8-17(27)21-20(16)24(25,22(18)31-21)11-12-26(19)2/h3-9,19,22,27,29H,10-13H2,1-2H3/t19?,22?,24?,25-/m1/s1. The molecule has 0 amide bonds. The molecule has 2 N–H and O–H groups in total. The first-order valence-corrected chi connectivity index (χ1v) is 10.8. The highest BCUT2D eigenvalue weighted by Crippen LogP contribution is 2.65. The lowest BCUT2D eigenvalue weighted by atomic mass is 9.50. The van der Waals surface area contributed by atoms with Gasteiger partial charge in [0, 0.05) is 18.0 Å². The number of hydrogen-bond acceptors (Lipinski definition) is 6.